The minimum Gasteiger partial charge on any atom is -0.492 e. The molecule has 1 amide bonds. The quantitative estimate of drug-likeness (QED) is 0.841. The fourth-order valence-corrected chi connectivity index (χ4v) is 1.96. The Morgan fingerprint density at radius 3 is 2.50 bits per heavy atom. The first-order valence-corrected chi connectivity index (χ1v) is 7.17. The van der Waals surface area contributed by atoms with E-state index in [1.54, 1.807) is 36.2 Å². The summed E-state index contributed by atoms with van der Waals surface area (Å²) in [5.41, 5.74) is 5.87. The van der Waals surface area contributed by atoms with Gasteiger partial charge >= 0.3 is 0 Å². The first-order chi connectivity index (χ1) is 9.40. The van der Waals surface area contributed by atoms with Gasteiger partial charge in [0.1, 0.15) is 12.4 Å². The topological polar surface area (TPSA) is 55.6 Å². The van der Waals surface area contributed by atoms with Crippen LogP contribution in [0.3, 0.4) is 0 Å². The number of nitrogens with zero attached hydrogens (tertiary/aromatic N) is 1. The summed E-state index contributed by atoms with van der Waals surface area (Å²) < 4.78 is 5.55. The zero-order chi connectivity index (χ0) is 15.1. The predicted molar refractivity (Wildman–Crippen MR) is 82.0 cm³/mol. The van der Waals surface area contributed by atoms with Gasteiger partial charge in [-0.25, -0.2) is 0 Å². The van der Waals surface area contributed by atoms with E-state index >= 15 is 0 Å². The average molecular weight is 299 g/mol. The Morgan fingerprint density at radius 2 is 1.95 bits per heavy atom. The van der Waals surface area contributed by atoms with Crippen molar-refractivity contribution in [3.05, 3.63) is 29.3 Å². The molecule has 0 spiro atoms. The molecule has 0 fully saturated rings. The molecule has 0 radical (unpaired) electrons. The highest BCUT2D eigenvalue weighted by molar-refractivity contribution is 6.30. The zero-order valence-electron chi connectivity index (χ0n) is 12.3. The molecule has 112 valence electrons. The molecule has 1 rings (SSSR count). The molecule has 0 aliphatic rings. The Bertz CT molecular complexity index is 420. The summed E-state index contributed by atoms with van der Waals surface area (Å²) in [6, 6.07) is 6.70. The van der Waals surface area contributed by atoms with E-state index in [1.807, 2.05) is 0 Å². The molecule has 1 atom stereocenters. The average Bonchev–Trinajstić information content (AvgIpc) is 2.39. The molecule has 0 saturated heterocycles. The lowest BCUT2D eigenvalue weighted by atomic mass is 10.0. The van der Waals surface area contributed by atoms with E-state index in [-0.39, 0.29) is 5.91 Å². The normalized spacial score (nSPS) is 12.3. The van der Waals surface area contributed by atoms with E-state index in [0.717, 1.165) is 5.75 Å². The SMILES string of the molecule is CC(C)C[C@H](N)C(=O)N(C)CCOc1ccc(Cl)cc1. The molecule has 1 aromatic rings. The third kappa shape index (κ3) is 5.80. The van der Waals surface area contributed by atoms with Crippen LogP contribution in [0.15, 0.2) is 24.3 Å². The van der Waals surface area contributed by atoms with Crippen molar-refractivity contribution < 1.29 is 9.53 Å². The van der Waals surface area contributed by atoms with Crippen LogP contribution >= 0.6 is 11.6 Å². The molecule has 0 heterocycles. The molecule has 0 aliphatic carbocycles. The Balaban J connectivity index is 2.33. The van der Waals surface area contributed by atoms with Gasteiger partial charge in [-0.05, 0) is 36.6 Å². The molecule has 4 nitrogen and oxygen atoms in total. The Morgan fingerprint density at radius 1 is 1.35 bits per heavy atom. The van der Waals surface area contributed by atoms with Gasteiger partial charge in [0, 0.05) is 12.1 Å². The van der Waals surface area contributed by atoms with Crippen LogP contribution in [0, 0.1) is 5.92 Å². The van der Waals surface area contributed by atoms with E-state index in [1.165, 1.54) is 0 Å². The minimum absolute atomic E-state index is 0.0431. The lowest BCUT2D eigenvalue weighted by Gasteiger charge is -2.22. The number of hydrogen-bond donors (Lipinski definition) is 1. The van der Waals surface area contributed by atoms with Crippen LogP contribution in [0.4, 0.5) is 0 Å². The number of benzene rings is 1. The Hall–Kier alpha value is -1.26. The second-order valence-electron chi connectivity index (χ2n) is 5.30. The smallest absolute Gasteiger partial charge is 0.239 e. The largest absolute Gasteiger partial charge is 0.492 e. The van der Waals surface area contributed by atoms with E-state index in [2.05, 4.69) is 13.8 Å². The number of hydrogen-bond acceptors (Lipinski definition) is 3. The molecular weight excluding hydrogens is 276 g/mol. The van der Waals surface area contributed by atoms with Gasteiger partial charge in [-0.15, -0.1) is 0 Å². The third-order valence-electron chi connectivity index (χ3n) is 2.93. The van der Waals surface area contributed by atoms with Crippen LogP contribution in [0.2, 0.25) is 5.02 Å². The highest BCUT2D eigenvalue weighted by Crippen LogP contribution is 2.15. The number of rotatable bonds is 7. The predicted octanol–water partition coefficient (Wildman–Crippen LogP) is 2.55. The lowest BCUT2D eigenvalue weighted by molar-refractivity contribution is -0.131. The summed E-state index contributed by atoms with van der Waals surface area (Å²) in [5, 5.41) is 0.671. The van der Waals surface area contributed by atoms with Crippen LogP contribution in [0.5, 0.6) is 5.75 Å². The van der Waals surface area contributed by atoms with E-state index in [0.29, 0.717) is 30.5 Å². The van der Waals surface area contributed by atoms with Crippen molar-refractivity contribution in [1.29, 1.82) is 0 Å². The standard InChI is InChI=1S/C15H23ClN2O2/c1-11(2)10-14(17)15(19)18(3)8-9-20-13-6-4-12(16)5-7-13/h4-7,11,14H,8-10,17H2,1-3H3/t14-/m0/s1. The molecule has 0 unspecified atom stereocenters. The molecule has 0 aromatic heterocycles. The number of halogens is 1. The summed E-state index contributed by atoms with van der Waals surface area (Å²) in [6.45, 7) is 5.04. The zero-order valence-corrected chi connectivity index (χ0v) is 13.1. The van der Waals surface area contributed by atoms with Crippen molar-refractivity contribution in [2.24, 2.45) is 11.7 Å². The highest BCUT2D eigenvalue weighted by atomic mass is 35.5. The molecule has 1 aromatic carbocycles. The fourth-order valence-electron chi connectivity index (χ4n) is 1.83. The van der Waals surface area contributed by atoms with Crippen molar-refractivity contribution in [2.75, 3.05) is 20.2 Å². The monoisotopic (exact) mass is 298 g/mol. The lowest BCUT2D eigenvalue weighted by Crippen LogP contribution is -2.43. The Kier molecular flexibility index (Phi) is 6.82. The van der Waals surface area contributed by atoms with Gasteiger partial charge in [-0.2, -0.15) is 0 Å². The molecule has 5 heteroatoms. The van der Waals surface area contributed by atoms with E-state index in [9.17, 15) is 4.79 Å². The number of ether oxygens (including phenoxy) is 1. The molecule has 0 saturated carbocycles. The number of amides is 1. The number of carbonyl (C=O) groups is 1. The van der Waals surface area contributed by atoms with Crippen LogP contribution in [0.25, 0.3) is 0 Å². The first kappa shape index (κ1) is 16.8. The minimum atomic E-state index is -0.435. The summed E-state index contributed by atoms with van der Waals surface area (Å²) in [5.74, 6) is 1.10. The van der Waals surface area contributed by atoms with Crippen molar-refractivity contribution >= 4 is 17.5 Å². The highest BCUT2D eigenvalue weighted by Gasteiger charge is 2.18. The van der Waals surface area contributed by atoms with Crippen molar-refractivity contribution in [1.82, 2.24) is 4.90 Å². The number of likely N-dealkylation sites (N-methyl/N-ethyl adjacent to an activating group) is 1. The van der Waals surface area contributed by atoms with E-state index in [4.69, 9.17) is 22.1 Å². The van der Waals surface area contributed by atoms with Gasteiger partial charge in [0.05, 0.1) is 12.6 Å². The van der Waals surface area contributed by atoms with Gasteiger partial charge in [-0.3, -0.25) is 4.79 Å². The number of carbonyl (C=O) groups excluding carboxylic acids is 1. The van der Waals surface area contributed by atoms with Crippen molar-refractivity contribution in [3.8, 4) is 5.75 Å². The molecule has 2 N–H and O–H groups in total. The molecular formula is C15H23ClN2O2. The van der Waals surface area contributed by atoms with E-state index < -0.39 is 6.04 Å². The maximum atomic E-state index is 12.0. The summed E-state index contributed by atoms with van der Waals surface area (Å²) in [6.07, 6.45) is 0.696. The maximum absolute atomic E-state index is 12.0. The summed E-state index contributed by atoms with van der Waals surface area (Å²) in [7, 11) is 1.74. The second kappa shape index (κ2) is 8.12. The van der Waals surface area contributed by atoms with Gasteiger partial charge in [0.2, 0.25) is 5.91 Å². The van der Waals surface area contributed by atoms with Gasteiger partial charge in [0.15, 0.2) is 0 Å². The van der Waals surface area contributed by atoms with Crippen LogP contribution in [-0.4, -0.2) is 37.0 Å². The Labute approximate surface area is 125 Å². The third-order valence-corrected chi connectivity index (χ3v) is 3.18. The first-order valence-electron chi connectivity index (χ1n) is 6.79. The van der Waals surface area contributed by atoms with Gasteiger partial charge in [-0.1, -0.05) is 25.4 Å². The van der Waals surface area contributed by atoms with Crippen LogP contribution in [-0.2, 0) is 4.79 Å². The van der Waals surface area contributed by atoms with Gasteiger partial charge in [0.25, 0.3) is 0 Å². The van der Waals surface area contributed by atoms with Crippen molar-refractivity contribution in [3.63, 3.8) is 0 Å². The fraction of sp³-hybridized carbons (Fsp3) is 0.533. The summed E-state index contributed by atoms with van der Waals surface area (Å²) in [4.78, 5) is 13.6. The summed E-state index contributed by atoms with van der Waals surface area (Å²) >= 11 is 5.79. The maximum Gasteiger partial charge on any atom is 0.239 e. The second-order valence-corrected chi connectivity index (χ2v) is 5.73. The van der Waals surface area contributed by atoms with Crippen molar-refractivity contribution in [2.45, 2.75) is 26.3 Å². The van der Waals surface area contributed by atoms with Gasteiger partial charge < -0.3 is 15.4 Å². The van der Waals surface area contributed by atoms with Crippen LogP contribution in [0.1, 0.15) is 20.3 Å². The molecule has 0 aliphatic heterocycles. The van der Waals surface area contributed by atoms with Crippen LogP contribution < -0.4 is 10.5 Å². The molecule has 0 bridgehead atoms. The molecule has 20 heavy (non-hydrogen) atoms. The number of nitrogens with two attached hydrogens (primary N) is 1.